The van der Waals surface area contributed by atoms with Gasteiger partial charge in [0.05, 0.1) is 0 Å². The fraction of sp³-hybridized carbons (Fsp3) is 0.556. The van der Waals surface area contributed by atoms with E-state index in [1.165, 1.54) is 5.70 Å². The zero-order chi connectivity index (χ0) is 9.02. The summed E-state index contributed by atoms with van der Waals surface area (Å²) < 4.78 is 1.06. The first-order chi connectivity index (χ1) is 5.00. The van der Waals surface area contributed by atoms with Crippen LogP contribution < -0.4 is 0 Å². The zero-order valence-electron chi connectivity index (χ0n) is 7.69. The molecule has 0 bridgehead atoms. The Hall–Kier alpha value is -0.240. The summed E-state index contributed by atoms with van der Waals surface area (Å²) in [6, 6.07) is 0.530. The molecule has 0 saturated heterocycles. The van der Waals surface area contributed by atoms with E-state index in [1.807, 2.05) is 6.08 Å². The molecule has 0 atom stereocenters. The fourth-order valence-electron chi connectivity index (χ4n) is 0.703. The largest absolute Gasteiger partial charge is 0.375 e. The van der Waals surface area contributed by atoms with Crippen LogP contribution in [0.2, 0.25) is 0 Å². The topological polar surface area (TPSA) is 3.24 Å². The molecule has 0 aliphatic rings. The van der Waals surface area contributed by atoms with Crippen LogP contribution in [0.5, 0.6) is 0 Å². The monoisotopic (exact) mass is 217 g/mol. The average Bonchev–Trinajstić information content (AvgIpc) is 2.00. The highest BCUT2D eigenvalue weighted by molar-refractivity contribution is 9.11. The van der Waals surface area contributed by atoms with Crippen molar-refractivity contribution in [3.05, 3.63) is 22.8 Å². The molecule has 0 rings (SSSR count). The Balaban J connectivity index is 4.45. The highest BCUT2D eigenvalue weighted by atomic mass is 79.9. The first kappa shape index (κ1) is 10.8. The van der Waals surface area contributed by atoms with Crippen molar-refractivity contribution >= 4 is 15.9 Å². The third-order valence-corrected chi connectivity index (χ3v) is 2.73. The summed E-state index contributed by atoms with van der Waals surface area (Å²) >= 11 is 3.43. The second kappa shape index (κ2) is 4.60. The molecule has 0 unspecified atom stereocenters. The number of rotatable bonds is 3. The summed E-state index contributed by atoms with van der Waals surface area (Å²) in [6.07, 6.45) is 1.81. The molecule has 2 heteroatoms. The van der Waals surface area contributed by atoms with Crippen LogP contribution >= 0.6 is 15.9 Å². The van der Waals surface area contributed by atoms with E-state index in [4.69, 9.17) is 0 Å². The van der Waals surface area contributed by atoms with Crippen molar-refractivity contribution in [2.75, 3.05) is 7.05 Å². The predicted octanol–water partition coefficient (Wildman–Crippen LogP) is 3.14. The van der Waals surface area contributed by atoms with Gasteiger partial charge in [0.2, 0.25) is 0 Å². The minimum Gasteiger partial charge on any atom is -0.375 e. The lowest BCUT2D eigenvalue weighted by molar-refractivity contribution is 0.344. The molecule has 0 saturated carbocycles. The Bertz CT molecular complexity index is 170. The summed E-state index contributed by atoms with van der Waals surface area (Å²) in [5.41, 5.74) is 1.22. The maximum atomic E-state index is 3.69. The van der Waals surface area contributed by atoms with Gasteiger partial charge in [0.1, 0.15) is 0 Å². The van der Waals surface area contributed by atoms with Gasteiger partial charge in [-0.1, -0.05) is 12.7 Å². The molecule has 0 aromatic rings. The standard InChI is InChI=1S/C9H16BrN/c1-6-9(10)8(4)11(5)7(2)3/h6-7H,1H2,2-5H3/b9-8-. The number of allylic oxidation sites excluding steroid dienone is 3. The lowest BCUT2D eigenvalue weighted by Gasteiger charge is -2.25. The van der Waals surface area contributed by atoms with Crippen LogP contribution in [0.3, 0.4) is 0 Å². The molecule has 0 amide bonds. The fourth-order valence-corrected chi connectivity index (χ4v) is 0.983. The molecule has 0 aromatic heterocycles. The Morgan fingerprint density at radius 2 is 2.00 bits per heavy atom. The highest BCUT2D eigenvalue weighted by Gasteiger charge is 2.05. The molecule has 64 valence electrons. The van der Waals surface area contributed by atoms with E-state index >= 15 is 0 Å². The maximum Gasteiger partial charge on any atom is 0.0357 e. The molecule has 0 aliphatic heterocycles. The van der Waals surface area contributed by atoms with Crippen molar-refractivity contribution in [2.45, 2.75) is 26.8 Å². The Morgan fingerprint density at radius 3 is 2.27 bits per heavy atom. The molecule has 0 heterocycles. The van der Waals surface area contributed by atoms with Crippen LogP contribution in [0.25, 0.3) is 0 Å². The summed E-state index contributed by atoms with van der Waals surface area (Å²) in [5, 5.41) is 0. The first-order valence-corrected chi connectivity index (χ1v) is 4.51. The van der Waals surface area contributed by atoms with Crippen molar-refractivity contribution in [2.24, 2.45) is 0 Å². The van der Waals surface area contributed by atoms with Crippen LogP contribution in [-0.4, -0.2) is 18.0 Å². The van der Waals surface area contributed by atoms with E-state index in [0.29, 0.717) is 6.04 Å². The Morgan fingerprint density at radius 1 is 1.55 bits per heavy atom. The number of nitrogens with zero attached hydrogens (tertiary/aromatic N) is 1. The molecule has 0 spiro atoms. The lowest BCUT2D eigenvalue weighted by Crippen LogP contribution is -2.24. The zero-order valence-corrected chi connectivity index (χ0v) is 9.27. The molecular weight excluding hydrogens is 202 g/mol. The van der Waals surface area contributed by atoms with Gasteiger partial charge in [0.15, 0.2) is 0 Å². The van der Waals surface area contributed by atoms with Crippen LogP contribution in [0, 0.1) is 0 Å². The lowest BCUT2D eigenvalue weighted by atomic mass is 10.3. The second-order valence-corrected chi connectivity index (χ2v) is 3.70. The van der Waals surface area contributed by atoms with Gasteiger partial charge in [-0.3, -0.25) is 0 Å². The van der Waals surface area contributed by atoms with Gasteiger partial charge in [-0.15, -0.1) is 0 Å². The van der Waals surface area contributed by atoms with Crippen molar-refractivity contribution in [1.29, 1.82) is 0 Å². The van der Waals surface area contributed by atoms with Crippen LogP contribution in [-0.2, 0) is 0 Å². The summed E-state index contributed by atoms with van der Waals surface area (Å²) in [6.45, 7) is 10.1. The van der Waals surface area contributed by atoms with E-state index in [-0.39, 0.29) is 0 Å². The third-order valence-electron chi connectivity index (χ3n) is 1.83. The molecule has 0 aliphatic carbocycles. The summed E-state index contributed by atoms with van der Waals surface area (Å²) in [4.78, 5) is 2.20. The number of hydrogen-bond donors (Lipinski definition) is 0. The van der Waals surface area contributed by atoms with Crippen molar-refractivity contribution in [3.63, 3.8) is 0 Å². The van der Waals surface area contributed by atoms with E-state index in [9.17, 15) is 0 Å². The van der Waals surface area contributed by atoms with Gasteiger partial charge in [0, 0.05) is 23.3 Å². The van der Waals surface area contributed by atoms with Gasteiger partial charge in [-0.2, -0.15) is 0 Å². The van der Waals surface area contributed by atoms with Gasteiger partial charge in [-0.25, -0.2) is 0 Å². The molecule has 0 fully saturated rings. The molecular formula is C9H16BrN. The van der Waals surface area contributed by atoms with Crippen LogP contribution in [0.1, 0.15) is 20.8 Å². The van der Waals surface area contributed by atoms with E-state index < -0.39 is 0 Å². The Labute approximate surface area is 77.9 Å². The van der Waals surface area contributed by atoms with E-state index in [2.05, 4.69) is 55.2 Å². The summed E-state index contributed by atoms with van der Waals surface area (Å²) in [5.74, 6) is 0. The normalized spacial score (nSPS) is 12.9. The molecule has 0 N–H and O–H groups in total. The SMILES string of the molecule is C=C/C(Br)=C(\C)N(C)C(C)C. The van der Waals surface area contributed by atoms with Crippen LogP contribution in [0.15, 0.2) is 22.8 Å². The Kier molecular flexibility index (Phi) is 4.50. The van der Waals surface area contributed by atoms with Crippen molar-refractivity contribution in [3.8, 4) is 0 Å². The quantitative estimate of drug-likeness (QED) is 0.658. The number of hydrogen-bond acceptors (Lipinski definition) is 1. The highest BCUT2D eigenvalue weighted by Crippen LogP contribution is 2.16. The predicted molar refractivity (Wildman–Crippen MR) is 54.7 cm³/mol. The van der Waals surface area contributed by atoms with Crippen molar-refractivity contribution in [1.82, 2.24) is 4.90 Å². The second-order valence-electron chi connectivity index (χ2n) is 2.84. The van der Waals surface area contributed by atoms with E-state index in [0.717, 1.165) is 4.48 Å². The smallest absolute Gasteiger partial charge is 0.0357 e. The van der Waals surface area contributed by atoms with E-state index in [1.54, 1.807) is 0 Å². The average molecular weight is 218 g/mol. The van der Waals surface area contributed by atoms with Crippen LogP contribution in [0.4, 0.5) is 0 Å². The van der Waals surface area contributed by atoms with Gasteiger partial charge in [-0.05, 0) is 36.7 Å². The molecule has 0 aromatic carbocycles. The summed E-state index contributed by atoms with van der Waals surface area (Å²) in [7, 11) is 2.07. The maximum absolute atomic E-state index is 3.69. The van der Waals surface area contributed by atoms with Gasteiger partial charge < -0.3 is 4.90 Å². The third kappa shape index (κ3) is 3.10. The van der Waals surface area contributed by atoms with Gasteiger partial charge in [0.25, 0.3) is 0 Å². The molecule has 11 heavy (non-hydrogen) atoms. The first-order valence-electron chi connectivity index (χ1n) is 3.72. The van der Waals surface area contributed by atoms with Crippen molar-refractivity contribution < 1.29 is 0 Å². The molecule has 0 radical (unpaired) electrons. The van der Waals surface area contributed by atoms with Gasteiger partial charge >= 0.3 is 0 Å². The number of halogens is 1. The molecule has 1 nitrogen and oxygen atoms in total. The minimum atomic E-state index is 0.530. The minimum absolute atomic E-state index is 0.530.